The van der Waals surface area contributed by atoms with E-state index in [-0.39, 0.29) is 5.75 Å². The smallest absolute Gasteiger partial charge is 0.218 e. The molecule has 0 radical (unpaired) electrons. The molecule has 0 amide bonds. The normalized spacial score (nSPS) is 21.4. The van der Waals surface area contributed by atoms with Crippen LogP contribution < -0.4 is 5.32 Å². The fraction of sp³-hybridized carbons (Fsp3) is 0.682. The van der Waals surface area contributed by atoms with Gasteiger partial charge in [0.05, 0.1) is 19.0 Å². The first-order chi connectivity index (χ1) is 14.4. The van der Waals surface area contributed by atoms with E-state index < -0.39 is 10.0 Å². The number of hydrogen-bond donors (Lipinski definition) is 1. The molecule has 2 fully saturated rings. The first kappa shape index (κ1) is 23.0. The van der Waals surface area contributed by atoms with Gasteiger partial charge in [-0.1, -0.05) is 38.1 Å². The summed E-state index contributed by atoms with van der Waals surface area (Å²) in [5.74, 6) is 2.34. The number of sulfonamides is 1. The molecule has 0 saturated carbocycles. The molecule has 3 rings (SSSR count). The lowest BCUT2D eigenvalue weighted by atomic mass is 9.97. The van der Waals surface area contributed by atoms with Gasteiger partial charge in [0.15, 0.2) is 5.96 Å². The fourth-order valence-corrected chi connectivity index (χ4v) is 5.94. The third-order valence-electron chi connectivity index (χ3n) is 5.86. The molecule has 1 aromatic carbocycles. The van der Waals surface area contributed by atoms with E-state index in [9.17, 15) is 8.42 Å². The van der Waals surface area contributed by atoms with E-state index >= 15 is 0 Å². The second kappa shape index (κ2) is 10.6. The van der Waals surface area contributed by atoms with Gasteiger partial charge in [-0.3, -0.25) is 4.99 Å². The summed E-state index contributed by atoms with van der Waals surface area (Å²) in [5, 5.41) is 3.45. The molecule has 30 heavy (non-hydrogen) atoms. The van der Waals surface area contributed by atoms with Crippen LogP contribution in [-0.2, 0) is 27.1 Å². The van der Waals surface area contributed by atoms with E-state index in [0.717, 1.165) is 36.1 Å². The highest BCUT2D eigenvalue weighted by atomic mass is 32.2. The molecule has 1 unspecified atom stereocenters. The Morgan fingerprint density at radius 2 is 1.90 bits per heavy atom. The molecular formula is C22H36N4O3S. The zero-order valence-corrected chi connectivity index (χ0v) is 19.3. The minimum absolute atomic E-state index is 0.0175. The van der Waals surface area contributed by atoms with Gasteiger partial charge in [0.2, 0.25) is 10.0 Å². The van der Waals surface area contributed by atoms with Gasteiger partial charge in [-0.25, -0.2) is 8.42 Å². The Bertz CT molecular complexity index is 819. The summed E-state index contributed by atoms with van der Waals surface area (Å²) in [4.78, 5) is 6.79. The predicted octanol–water partition coefficient (Wildman–Crippen LogP) is 2.29. The van der Waals surface area contributed by atoms with Crippen molar-refractivity contribution in [2.45, 2.75) is 39.0 Å². The van der Waals surface area contributed by atoms with Crippen LogP contribution in [0.4, 0.5) is 0 Å². The van der Waals surface area contributed by atoms with E-state index in [1.165, 1.54) is 12.8 Å². The maximum absolute atomic E-state index is 12.9. The highest BCUT2D eigenvalue weighted by Gasteiger charge is 2.27. The first-order valence-electron chi connectivity index (χ1n) is 11.0. The van der Waals surface area contributed by atoms with Crippen molar-refractivity contribution in [3.63, 3.8) is 0 Å². The summed E-state index contributed by atoms with van der Waals surface area (Å²) < 4.78 is 32.5. The standard InChI is InChI=1S/C22H36N4O3S/c1-18(2)14-19-8-9-25(16-19)22(23-3)24-15-20-6-4-5-7-21(20)17-30(27,28)26-10-12-29-13-11-26/h4-7,18-19H,8-17H2,1-3H3,(H,23,24). The highest BCUT2D eigenvalue weighted by Crippen LogP contribution is 2.23. The van der Waals surface area contributed by atoms with Crippen LogP contribution in [0.5, 0.6) is 0 Å². The van der Waals surface area contributed by atoms with Crippen molar-refractivity contribution in [3.05, 3.63) is 35.4 Å². The molecule has 1 atom stereocenters. The van der Waals surface area contributed by atoms with E-state index in [4.69, 9.17) is 4.74 Å². The van der Waals surface area contributed by atoms with Gasteiger partial charge < -0.3 is 15.0 Å². The maximum Gasteiger partial charge on any atom is 0.218 e. The molecule has 8 heteroatoms. The lowest BCUT2D eigenvalue weighted by molar-refractivity contribution is 0.0729. The topological polar surface area (TPSA) is 74.2 Å². The average Bonchev–Trinajstić information content (AvgIpc) is 3.17. The fourth-order valence-electron chi connectivity index (χ4n) is 4.37. The predicted molar refractivity (Wildman–Crippen MR) is 121 cm³/mol. The Morgan fingerprint density at radius 3 is 2.57 bits per heavy atom. The number of nitrogens with zero attached hydrogens (tertiary/aromatic N) is 3. The molecule has 168 valence electrons. The third kappa shape index (κ3) is 6.18. The molecular weight excluding hydrogens is 400 g/mol. The molecule has 2 heterocycles. The van der Waals surface area contributed by atoms with Gasteiger partial charge in [-0.15, -0.1) is 0 Å². The van der Waals surface area contributed by atoms with Crippen molar-refractivity contribution in [2.75, 3.05) is 46.4 Å². The van der Waals surface area contributed by atoms with E-state index in [1.54, 1.807) is 4.31 Å². The van der Waals surface area contributed by atoms with Gasteiger partial charge in [0, 0.05) is 39.8 Å². The van der Waals surface area contributed by atoms with Gasteiger partial charge in [0.1, 0.15) is 0 Å². The third-order valence-corrected chi connectivity index (χ3v) is 7.69. The molecule has 7 nitrogen and oxygen atoms in total. The SMILES string of the molecule is CN=C(NCc1ccccc1CS(=O)(=O)N1CCOCC1)N1CCC(CC(C)C)C1. The number of rotatable bonds is 7. The summed E-state index contributed by atoms with van der Waals surface area (Å²) in [6.07, 6.45) is 2.45. The molecule has 0 aliphatic carbocycles. The summed E-state index contributed by atoms with van der Waals surface area (Å²) in [5.41, 5.74) is 1.83. The maximum atomic E-state index is 12.9. The quantitative estimate of drug-likeness (QED) is 0.524. The number of nitrogens with one attached hydrogen (secondary N) is 1. The van der Waals surface area contributed by atoms with Crippen LogP contribution >= 0.6 is 0 Å². The van der Waals surface area contributed by atoms with E-state index in [1.807, 2.05) is 31.3 Å². The molecule has 1 N–H and O–H groups in total. The molecule has 2 saturated heterocycles. The number of guanidine groups is 1. The van der Waals surface area contributed by atoms with Crippen LogP contribution in [0.3, 0.4) is 0 Å². The zero-order chi connectivity index (χ0) is 21.6. The van der Waals surface area contributed by atoms with Crippen molar-refractivity contribution >= 4 is 16.0 Å². The summed E-state index contributed by atoms with van der Waals surface area (Å²) >= 11 is 0. The summed E-state index contributed by atoms with van der Waals surface area (Å²) in [7, 11) is -1.54. The second-order valence-electron chi connectivity index (χ2n) is 8.67. The van der Waals surface area contributed by atoms with Crippen molar-refractivity contribution in [3.8, 4) is 0 Å². The number of benzene rings is 1. The van der Waals surface area contributed by atoms with Crippen LogP contribution in [0.15, 0.2) is 29.3 Å². The van der Waals surface area contributed by atoms with Crippen molar-refractivity contribution in [1.29, 1.82) is 0 Å². The Balaban J connectivity index is 1.62. The summed E-state index contributed by atoms with van der Waals surface area (Å²) in [6, 6.07) is 7.76. The minimum Gasteiger partial charge on any atom is -0.379 e. The number of ether oxygens (including phenoxy) is 1. The lowest BCUT2D eigenvalue weighted by Crippen LogP contribution is -2.41. The van der Waals surface area contributed by atoms with Crippen molar-refractivity contribution < 1.29 is 13.2 Å². The molecule has 2 aliphatic heterocycles. The number of aliphatic imine (C=N–C) groups is 1. The molecule has 2 aliphatic rings. The molecule has 0 bridgehead atoms. The van der Waals surface area contributed by atoms with E-state index in [0.29, 0.717) is 38.8 Å². The Morgan fingerprint density at radius 1 is 1.20 bits per heavy atom. The van der Waals surface area contributed by atoms with Crippen molar-refractivity contribution in [1.82, 2.24) is 14.5 Å². The first-order valence-corrected chi connectivity index (χ1v) is 12.6. The van der Waals surface area contributed by atoms with Gasteiger partial charge in [-0.05, 0) is 35.8 Å². The zero-order valence-electron chi connectivity index (χ0n) is 18.5. The van der Waals surface area contributed by atoms with Gasteiger partial charge in [0.25, 0.3) is 0 Å². The minimum atomic E-state index is -3.35. The van der Waals surface area contributed by atoms with Crippen LogP contribution in [0.25, 0.3) is 0 Å². The lowest BCUT2D eigenvalue weighted by Gasteiger charge is -2.26. The Kier molecular flexibility index (Phi) is 8.13. The van der Waals surface area contributed by atoms with Gasteiger partial charge >= 0.3 is 0 Å². The van der Waals surface area contributed by atoms with Crippen LogP contribution in [0.2, 0.25) is 0 Å². The number of hydrogen-bond acceptors (Lipinski definition) is 4. The molecule has 0 aromatic heterocycles. The van der Waals surface area contributed by atoms with Gasteiger partial charge in [-0.2, -0.15) is 4.31 Å². The van der Waals surface area contributed by atoms with Crippen LogP contribution in [0.1, 0.15) is 37.8 Å². The van der Waals surface area contributed by atoms with Crippen LogP contribution in [-0.4, -0.2) is 70.0 Å². The molecule has 1 aromatic rings. The Hall–Kier alpha value is -1.64. The summed E-state index contributed by atoms with van der Waals surface area (Å²) in [6.45, 7) is 8.96. The number of likely N-dealkylation sites (tertiary alicyclic amines) is 1. The largest absolute Gasteiger partial charge is 0.379 e. The monoisotopic (exact) mass is 436 g/mol. The highest BCUT2D eigenvalue weighted by molar-refractivity contribution is 7.88. The van der Waals surface area contributed by atoms with Crippen LogP contribution in [0, 0.1) is 11.8 Å². The van der Waals surface area contributed by atoms with E-state index in [2.05, 4.69) is 29.1 Å². The molecule has 0 spiro atoms. The number of morpholine rings is 1. The Labute approximate surface area is 181 Å². The second-order valence-corrected chi connectivity index (χ2v) is 10.6. The average molecular weight is 437 g/mol. The van der Waals surface area contributed by atoms with Crippen molar-refractivity contribution in [2.24, 2.45) is 16.8 Å².